The smallest absolute Gasteiger partial charge is 0.142 e. The highest BCUT2D eigenvalue weighted by molar-refractivity contribution is 6.30. The molecule has 0 amide bonds. The molecule has 0 heterocycles. The molecule has 0 bridgehead atoms. The average molecular weight is 256 g/mol. The molecule has 1 aromatic rings. The third-order valence-corrected chi connectivity index (χ3v) is 2.70. The van der Waals surface area contributed by atoms with Crippen molar-refractivity contribution in [1.82, 2.24) is 0 Å². The first-order valence-electron chi connectivity index (χ1n) is 5.44. The van der Waals surface area contributed by atoms with Gasteiger partial charge in [0.25, 0.3) is 0 Å². The Labute approximate surface area is 106 Å². The van der Waals surface area contributed by atoms with Crippen molar-refractivity contribution in [2.45, 2.75) is 26.7 Å². The number of nitrogens with zero attached hydrogens (tertiary/aromatic N) is 1. The average Bonchev–Trinajstić information content (AvgIpc) is 2.29. The first kappa shape index (κ1) is 13.8. The van der Waals surface area contributed by atoms with E-state index in [1.54, 1.807) is 0 Å². The molecule has 0 aliphatic heterocycles. The number of hydrogen-bond donors (Lipinski definition) is 0. The summed E-state index contributed by atoms with van der Waals surface area (Å²) in [7, 11) is 0. The Hall–Kier alpha value is -1.27. The monoisotopic (exact) mass is 255 g/mol. The number of benzene rings is 1. The van der Waals surface area contributed by atoms with Crippen molar-refractivity contribution in [2.24, 2.45) is 5.41 Å². The minimum absolute atomic E-state index is 0.0554. The second-order valence-electron chi connectivity index (χ2n) is 4.52. The van der Waals surface area contributed by atoms with Crippen LogP contribution in [0.25, 0.3) is 0 Å². The predicted molar refractivity (Wildman–Crippen MR) is 65.5 cm³/mol. The van der Waals surface area contributed by atoms with Crippen LogP contribution in [0.5, 0.6) is 5.75 Å². The molecule has 2 nitrogen and oxygen atoms in total. The van der Waals surface area contributed by atoms with Crippen molar-refractivity contribution >= 4 is 11.6 Å². The molecule has 0 N–H and O–H groups in total. The van der Waals surface area contributed by atoms with E-state index in [0.717, 1.165) is 12.8 Å². The number of nitriles is 1. The van der Waals surface area contributed by atoms with Gasteiger partial charge in [0.1, 0.15) is 11.6 Å². The van der Waals surface area contributed by atoms with Gasteiger partial charge in [0.05, 0.1) is 23.1 Å². The van der Waals surface area contributed by atoms with E-state index in [9.17, 15) is 4.39 Å². The quantitative estimate of drug-likeness (QED) is 0.739. The van der Waals surface area contributed by atoms with Crippen molar-refractivity contribution in [3.05, 3.63) is 29.0 Å². The van der Waals surface area contributed by atoms with Gasteiger partial charge < -0.3 is 4.74 Å². The second-order valence-corrected chi connectivity index (χ2v) is 4.93. The molecule has 0 saturated carbocycles. The third kappa shape index (κ3) is 4.62. The zero-order valence-corrected chi connectivity index (χ0v) is 10.7. The highest BCUT2D eigenvalue weighted by Crippen LogP contribution is 2.23. The number of halogens is 2. The van der Waals surface area contributed by atoms with Crippen LogP contribution in [-0.4, -0.2) is 6.61 Å². The van der Waals surface area contributed by atoms with E-state index in [2.05, 4.69) is 6.07 Å². The molecule has 0 aliphatic rings. The Morgan fingerprint density at radius 3 is 2.76 bits per heavy atom. The van der Waals surface area contributed by atoms with Crippen LogP contribution in [0.3, 0.4) is 0 Å². The van der Waals surface area contributed by atoms with Gasteiger partial charge in [-0.25, -0.2) is 4.39 Å². The summed E-state index contributed by atoms with van der Waals surface area (Å²) < 4.78 is 18.3. The van der Waals surface area contributed by atoms with Crippen LogP contribution in [0.2, 0.25) is 5.02 Å². The van der Waals surface area contributed by atoms with Crippen LogP contribution in [0.1, 0.15) is 26.7 Å². The minimum atomic E-state index is -0.454. The van der Waals surface area contributed by atoms with Crippen molar-refractivity contribution < 1.29 is 9.13 Å². The molecule has 0 aromatic heterocycles. The van der Waals surface area contributed by atoms with Gasteiger partial charge in [0, 0.05) is 6.07 Å². The van der Waals surface area contributed by atoms with Crippen molar-refractivity contribution in [3.8, 4) is 11.8 Å². The zero-order valence-electron chi connectivity index (χ0n) is 9.96. The molecule has 92 valence electrons. The summed E-state index contributed by atoms with van der Waals surface area (Å²) in [5, 5.41) is 8.88. The summed E-state index contributed by atoms with van der Waals surface area (Å²) in [6.45, 7) is 4.27. The molecule has 0 atom stereocenters. The topological polar surface area (TPSA) is 33.0 Å². The predicted octanol–water partition coefficient (Wildman–Crippen LogP) is 4.19. The lowest BCUT2D eigenvalue weighted by Crippen LogP contribution is -2.10. The highest BCUT2D eigenvalue weighted by atomic mass is 35.5. The van der Waals surface area contributed by atoms with Crippen molar-refractivity contribution in [2.75, 3.05) is 6.61 Å². The van der Waals surface area contributed by atoms with Crippen LogP contribution in [0.15, 0.2) is 18.2 Å². The van der Waals surface area contributed by atoms with Gasteiger partial charge in [0.2, 0.25) is 0 Å². The maximum absolute atomic E-state index is 12.9. The molecular formula is C13H15ClFNO. The summed E-state index contributed by atoms with van der Waals surface area (Å²) >= 11 is 5.62. The molecule has 1 rings (SSSR count). The Morgan fingerprint density at radius 2 is 2.18 bits per heavy atom. The van der Waals surface area contributed by atoms with E-state index < -0.39 is 5.82 Å². The molecule has 0 saturated heterocycles. The van der Waals surface area contributed by atoms with E-state index in [0.29, 0.717) is 12.4 Å². The molecule has 0 fully saturated rings. The zero-order chi connectivity index (χ0) is 12.9. The van der Waals surface area contributed by atoms with Crippen molar-refractivity contribution in [1.29, 1.82) is 5.26 Å². The number of rotatable bonds is 5. The van der Waals surface area contributed by atoms with Crippen LogP contribution in [-0.2, 0) is 0 Å². The SMILES string of the molecule is CC(C)(C#N)CCCOc1ccc(F)c(Cl)c1. The van der Waals surface area contributed by atoms with Gasteiger partial charge in [0.15, 0.2) is 0 Å². The summed E-state index contributed by atoms with van der Waals surface area (Å²) in [5.74, 6) is 0.0933. The van der Waals surface area contributed by atoms with Gasteiger partial charge in [-0.15, -0.1) is 0 Å². The lowest BCUT2D eigenvalue weighted by Gasteiger charge is -2.14. The van der Waals surface area contributed by atoms with Gasteiger partial charge >= 0.3 is 0 Å². The molecule has 0 spiro atoms. The van der Waals surface area contributed by atoms with Crippen molar-refractivity contribution in [3.63, 3.8) is 0 Å². The standard InChI is InChI=1S/C13H15ClFNO/c1-13(2,9-16)6-3-7-17-10-4-5-12(15)11(14)8-10/h4-5,8H,3,6-7H2,1-2H3. The highest BCUT2D eigenvalue weighted by Gasteiger charge is 2.15. The molecule has 0 radical (unpaired) electrons. The van der Waals surface area contributed by atoms with Gasteiger partial charge in [-0.05, 0) is 38.8 Å². The molecule has 1 aromatic carbocycles. The fourth-order valence-electron chi connectivity index (χ4n) is 1.33. The fourth-order valence-corrected chi connectivity index (χ4v) is 1.50. The maximum Gasteiger partial charge on any atom is 0.142 e. The largest absolute Gasteiger partial charge is 0.494 e. The summed E-state index contributed by atoms with van der Waals surface area (Å²) in [6, 6.07) is 6.49. The minimum Gasteiger partial charge on any atom is -0.494 e. The lowest BCUT2D eigenvalue weighted by molar-refractivity contribution is 0.284. The molecule has 0 unspecified atom stereocenters. The summed E-state index contributed by atoms with van der Waals surface area (Å²) in [4.78, 5) is 0. The Balaban J connectivity index is 2.37. The van der Waals surface area contributed by atoms with Gasteiger partial charge in [-0.1, -0.05) is 11.6 Å². The Bertz CT molecular complexity index is 426. The molecule has 0 aliphatic carbocycles. The third-order valence-electron chi connectivity index (χ3n) is 2.41. The lowest BCUT2D eigenvalue weighted by atomic mass is 9.90. The van der Waals surface area contributed by atoms with E-state index >= 15 is 0 Å². The van der Waals surface area contributed by atoms with Crippen LogP contribution >= 0.6 is 11.6 Å². The van der Waals surface area contributed by atoms with Crippen LogP contribution < -0.4 is 4.74 Å². The number of hydrogen-bond acceptors (Lipinski definition) is 2. The first-order valence-corrected chi connectivity index (χ1v) is 5.81. The van der Waals surface area contributed by atoms with E-state index in [-0.39, 0.29) is 10.4 Å². The summed E-state index contributed by atoms with van der Waals surface area (Å²) in [6.07, 6.45) is 1.54. The van der Waals surface area contributed by atoms with E-state index in [1.807, 2.05) is 13.8 Å². The Morgan fingerprint density at radius 1 is 1.47 bits per heavy atom. The van der Waals surface area contributed by atoms with E-state index in [1.165, 1.54) is 18.2 Å². The van der Waals surface area contributed by atoms with E-state index in [4.69, 9.17) is 21.6 Å². The number of ether oxygens (including phenoxy) is 1. The molecule has 17 heavy (non-hydrogen) atoms. The van der Waals surface area contributed by atoms with Gasteiger partial charge in [-0.2, -0.15) is 5.26 Å². The van der Waals surface area contributed by atoms with Gasteiger partial charge in [-0.3, -0.25) is 0 Å². The van der Waals surface area contributed by atoms with Crippen LogP contribution in [0, 0.1) is 22.6 Å². The van der Waals surface area contributed by atoms with Crippen LogP contribution in [0.4, 0.5) is 4.39 Å². The Kier molecular flexibility index (Phi) is 4.77. The summed E-state index contributed by atoms with van der Waals surface area (Å²) in [5.41, 5.74) is -0.330. The molecular weight excluding hydrogens is 241 g/mol. The first-order chi connectivity index (χ1) is 7.94. The normalized spacial score (nSPS) is 11.0. The molecule has 4 heteroatoms. The second kappa shape index (κ2) is 5.88. The fraction of sp³-hybridized carbons (Fsp3) is 0.462. The maximum atomic E-state index is 12.9.